The van der Waals surface area contributed by atoms with Crippen LogP contribution in [0.2, 0.25) is 0 Å². The number of ether oxygens (including phenoxy) is 1. The Balaban J connectivity index is 1.76. The van der Waals surface area contributed by atoms with Gasteiger partial charge in [-0.15, -0.1) is 0 Å². The molecular formula is C26H27NO4. The third-order valence-corrected chi connectivity index (χ3v) is 5.87. The largest absolute Gasteiger partial charge is 0.481 e. The SMILES string of the molecule is CCOC(=O)C1CCc2c(cc(-c3ccccc3)n2-c2cccc(CCC(=O)O)c2)C1. The average Bonchev–Trinajstić information content (AvgIpc) is 3.17. The van der Waals surface area contributed by atoms with Crippen LogP contribution in [0, 0.1) is 5.92 Å². The van der Waals surface area contributed by atoms with Crippen LogP contribution in [0.25, 0.3) is 16.9 Å². The van der Waals surface area contributed by atoms with Gasteiger partial charge in [-0.2, -0.15) is 0 Å². The summed E-state index contributed by atoms with van der Waals surface area (Å²) in [7, 11) is 0. The van der Waals surface area contributed by atoms with E-state index in [4.69, 9.17) is 9.84 Å². The molecule has 1 heterocycles. The summed E-state index contributed by atoms with van der Waals surface area (Å²) in [5, 5.41) is 9.04. The zero-order valence-corrected chi connectivity index (χ0v) is 17.7. The molecule has 5 heteroatoms. The third kappa shape index (κ3) is 4.55. The smallest absolute Gasteiger partial charge is 0.309 e. The summed E-state index contributed by atoms with van der Waals surface area (Å²) in [5.74, 6) is -1.01. The van der Waals surface area contributed by atoms with Gasteiger partial charge in [-0.3, -0.25) is 9.59 Å². The van der Waals surface area contributed by atoms with Crippen LogP contribution in [0.1, 0.15) is 36.6 Å². The standard InChI is InChI=1S/C26H27NO4/c1-2-31-26(30)20-12-13-23-21(16-20)17-24(19-8-4-3-5-9-19)27(23)22-10-6-7-18(15-22)11-14-25(28)29/h3-10,15,17,20H,2,11-14,16H2,1H3,(H,28,29). The topological polar surface area (TPSA) is 68.5 Å². The van der Waals surface area contributed by atoms with Crippen molar-refractivity contribution in [2.45, 2.75) is 39.0 Å². The molecule has 0 saturated heterocycles. The fourth-order valence-electron chi connectivity index (χ4n) is 4.41. The zero-order chi connectivity index (χ0) is 21.8. The molecule has 2 aromatic carbocycles. The maximum atomic E-state index is 12.3. The van der Waals surface area contributed by atoms with Crippen molar-refractivity contribution in [3.05, 3.63) is 77.5 Å². The lowest BCUT2D eigenvalue weighted by atomic mass is 9.87. The summed E-state index contributed by atoms with van der Waals surface area (Å²) in [6.07, 6.45) is 2.85. The van der Waals surface area contributed by atoms with Gasteiger partial charge in [-0.05, 0) is 67.5 Å². The van der Waals surface area contributed by atoms with Crippen LogP contribution in [0.15, 0.2) is 60.7 Å². The van der Waals surface area contributed by atoms with Crippen molar-refractivity contribution in [2.75, 3.05) is 6.61 Å². The molecule has 5 nitrogen and oxygen atoms in total. The van der Waals surface area contributed by atoms with E-state index in [1.165, 1.54) is 11.3 Å². The number of benzene rings is 2. The van der Waals surface area contributed by atoms with Crippen molar-refractivity contribution >= 4 is 11.9 Å². The summed E-state index contributed by atoms with van der Waals surface area (Å²) >= 11 is 0. The van der Waals surface area contributed by atoms with Gasteiger partial charge in [-0.1, -0.05) is 42.5 Å². The second-order valence-corrected chi connectivity index (χ2v) is 7.96. The highest BCUT2D eigenvalue weighted by Gasteiger charge is 2.29. The number of rotatable bonds is 7. The molecular weight excluding hydrogens is 390 g/mol. The zero-order valence-electron chi connectivity index (χ0n) is 17.7. The van der Waals surface area contributed by atoms with Crippen molar-refractivity contribution in [2.24, 2.45) is 5.92 Å². The number of hydrogen-bond donors (Lipinski definition) is 1. The molecule has 160 valence electrons. The molecule has 1 aliphatic carbocycles. The number of carboxylic acids is 1. The molecule has 31 heavy (non-hydrogen) atoms. The molecule has 1 N–H and O–H groups in total. The van der Waals surface area contributed by atoms with Crippen molar-refractivity contribution in [1.82, 2.24) is 4.57 Å². The van der Waals surface area contributed by atoms with E-state index in [0.717, 1.165) is 35.3 Å². The summed E-state index contributed by atoms with van der Waals surface area (Å²) in [4.78, 5) is 23.3. The first kappa shape index (κ1) is 20.9. The minimum atomic E-state index is -0.793. The number of aromatic nitrogens is 1. The molecule has 0 spiro atoms. The number of carbonyl (C=O) groups is 2. The molecule has 1 aromatic heterocycles. The maximum absolute atomic E-state index is 12.3. The number of hydrogen-bond acceptors (Lipinski definition) is 3. The molecule has 3 aromatic rings. The van der Waals surface area contributed by atoms with Crippen LogP contribution >= 0.6 is 0 Å². The summed E-state index contributed by atoms with van der Waals surface area (Å²) in [6.45, 7) is 2.25. The molecule has 1 atom stereocenters. The number of nitrogens with zero attached hydrogens (tertiary/aromatic N) is 1. The first-order valence-corrected chi connectivity index (χ1v) is 10.8. The Hall–Kier alpha value is -3.34. The molecule has 0 fully saturated rings. The Labute approximate surface area is 182 Å². The van der Waals surface area contributed by atoms with Crippen molar-refractivity contribution in [3.63, 3.8) is 0 Å². The van der Waals surface area contributed by atoms with E-state index in [-0.39, 0.29) is 18.3 Å². The van der Waals surface area contributed by atoms with Crippen molar-refractivity contribution < 1.29 is 19.4 Å². The number of aliphatic carboxylic acids is 1. The molecule has 4 rings (SSSR count). The highest BCUT2D eigenvalue weighted by atomic mass is 16.5. The van der Waals surface area contributed by atoms with Crippen LogP contribution in [-0.4, -0.2) is 28.2 Å². The molecule has 0 amide bonds. The van der Waals surface area contributed by atoms with Crippen LogP contribution < -0.4 is 0 Å². The number of carbonyl (C=O) groups excluding carboxylic acids is 1. The van der Waals surface area contributed by atoms with Gasteiger partial charge in [0, 0.05) is 17.8 Å². The summed E-state index contributed by atoms with van der Waals surface area (Å²) in [6, 6.07) is 20.5. The second kappa shape index (κ2) is 9.21. The predicted octanol–water partition coefficient (Wildman–Crippen LogP) is 4.83. The maximum Gasteiger partial charge on any atom is 0.309 e. The highest BCUT2D eigenvalue weighted by Crippen LogP contribution is 2.36. The van der Waals surface area contributed by atoms with Gasteiger partial charge in [0.1, 0.15) is 0 Å². The Bertz CT molecular complexity index is 1080. The van der Waals surface area contributed by atoms with E-state index < -0.39 is 5.97 Å². The molecule has 1 unspecified atom stereocenters. The third-order valence-electron chi connectivity index (χ3n) is 5.87. The van der Waals surface area contributed by atoms with E-state index in [0.29, 0.717) is 19.4 Å². The van der Waals surface area contributed by atoms with Gasteiger partial charge >= 0.3 is 11.9 Å². The van der Waals surface area contributed by atoms with Crippen LogP contribution in [0.4, 0.5) is 0 Å². The van der Waals surface area contributed by atoms with Crippen LogP contribution in [0.5, 0.6) is 0 Å². The van der Waals surface area contributed by atoms with Gasteiger partial charge in [0.05, 0.1) is 18.2 Å². The predicted molar refractivity (Wildman–Crippen MR) is 119 cm³/mol. The quantitative estimate of drug-likeness (QED) is 0.559. The number of carboxylic acid groups (broad SMARTS) is 1. The van der Waals surface area contributed by atoms with Crippen LogP contribution in [0.3, 0.4) is 0 Å². The van der Waals surface area contributed by atoms with Crippen molar-refractivity contribution in [1.29, 1.82) is 0 Å². The lowest BCUT2D eigenvalue weighted by Crippen LogP contribution is -2.25. The van der Waals surface area contributed by atoms with E-state index in [2.05, 4.69) is 34.9 Å². The Morgan fingerprint density at radius 3 is 2.65 bits per heavy atom. The Morgan fingerprint density at radius 1 is 1.10 bits per heavy atom. The molecule has 1 aliphatic rings. The summed E-state index contributed by atoms with van der Waals surface area (Å²) in [5.41, 5.74) is 6.62. The van der Waals surface area contributed by atoms with Gasteiger partial charge in [0.15, 0.2) is 0 Å². The number of aryl methyl sites for hydroxylation is 1. The average molecular weight is 418 g/mol. The monoisotopic (exact) mass is 417 g/mol. The van der Waals surface area contributed by atoms with E-state index in [1.807, 2.05) is 37.3 Å². The van der Waals surface area contributed by atoms with Gasteiger partial charge in [0.2, 0.25) is 0 Å². The normalized spacial score (nSPS) is 15.3. The van der Waals surface area contributed by atoms with Crippen LogP contribution in [-0.2, 0) is 33.6 Å². The molecule has 0 saturated carbocycles. The number of esters is 1. The molecule has 0 radical (unpaired) electrons. The van der Waals surface area contributed by atoms with Gasteiger partial charge in [0.25, 0.3) is 0 Å². The Morgan fingerprint density at radius 2 is 1.90 bits per heavy atom. The first-order chi connectivity index (χ1) is 15.1. The minimum absolute atomic E-state index is 0.103. The van der Waals surface area contributed by atoms with E-state index in [9.17, 15) is 9.59 Å². The van der Waals surface area contributed by atoms with Gasteiger partial charge < -0.3 is 14.4 Å². The van der Waals surface area contributed by atoms with Crippen molar-refractivity contribution in [3.8, 4) is 16.9 Å². The highest BCUT2D eigenvalue weighted by molar-refractivity contribution is 5.74. The lowest BCUT2D eigenvalue weighted by Gasteiger charge is -2.23. The van der Waals surface area contributed by atoms with E-state index in [1.54, 1.807) is 0 Å². The fraction of sp³-hybridized carbons (Fsp3) is 0.308. The summed E-state index contributed by atoms with van der Waals surface area (Å²) < 4.78 is 7.55. The van der Waals surface area contributed by atoms with Gasteiger partial charge in [-0.25, -0.2) is 0 Å². The van der Waals surface area contributed by atoms with E-state index >= 15 is 0 Å². The minimum Gasteiger partial charge on any atom is -0.481 e. The lowest BCUT2D eigenvalue weighted by molar-refractivity contribution is -0.148. The fourth-order valence-corrected chi connectivity index (χ4v) is 4.41. The second-order valence-electron chi connectivity index (χ2n) is 7.96. The molecule has 0 aliphatic heterocycles. The number of fused-ring (bicyclic) bond motifs is 1. The Kier molecular flexibility index (Phi) is 6.21. The first-order valence-electron chi connectivity index (χ1n) is 10.8. The molecule has 0 bridgehead atoms.